The van der Waals surface area contributed by atoms with Gasteiger partial charge in [-0.15, -0.1) is 0 Å². The highest BCUT2D eigenvalue weighted by Crippen LogP contribution is 2.25. The summed E-state index contributed by atoms with van der Waals surface area (Å²) in [7, 11) is 1.40. The second kappa shape index (κ2) is 4.22. The van der Waals surface area contributed by atoms with Crippen molar-refractivity contribution in [2.24, 2.45) is 5.92 Å². The van der Waals surface area contributed by atoms with E-state index in [1.807, 2.05) is 0 Å². The second-order valence-corrected chi connectivity index (χ2v) is 3.50. The lowest BCUT2D eigenvalue weighted by Gasteiger charge is -2.37. The fraction of sp³-hybridized carbons (Fsp3) is 0.875. The predicted molar refractivity (Wildman–Crippen MR) is 46.2 cm³/mol. The summed E-state index contributed by atoms with van der Waals surface area (Å²) < 4.78 is 0. The zero-order valence-electron chi connectivity index (χ0n) is 7.79. The van der Waals surface area contributed by atoms with Crippen LogP contribution in [-0.4, -0.2) is 57.8 Å². The Morgan fingerprint density at radius 3 is 2.21 bits per heavy atom. The third-order valence-corrected chi connectivity index (χ3v) is 2.58. The number of carbonyl (C=O) groups excluding carboxylic acids is 1. The molecule has 0 bridgehead atoms. The summed E-state index contributed by atoms with van der Waals surface area (Å²) in [6.07, 6.45) is -5.46. The maximum Gasteiger partial charge on any atom is 0.225 e. The molecule has 1 rings (SSSR count). The van der Waals surface area contributed by atoms with Crippen molar-refractivity contribution in [3.63, 3.8) is 0 Å². The lowest BCUT2D eigenvalue weighted by molar-refractivity contribution is -0.167. The van der Waals surface area contributed by atoms with Gasteiger partial charge >= 0.3 is 0 Å². The van der Waals surface area contributed by atoms with Crippen molar-refractivity contribution in [1.29, 1.82) is 0 Å². The normalized spacial score (nSPS) is 43.4. The highest BCUT2D eigenvalue weighted by atomic mass is 16.4. The van der Waals surface area contributed by atoms with Crippen LogP contribution in [0.5, 0.6) is 0 Å². The molecule has 0 heterocycles. The molecule has 5 atom stereocenters. The van der Waals surface area contributed by atoms with Gasteiger partial charge in [-0.1, -0.05) is 0 Å². The Hall–Kier alpha value is -0.690. The van der Waals surface area contributed by atoms with E-state index < -0.39 is 36.2 Å². The van der Waals surface area contributed by atoms with Crippen molar-refractivity contribution in [1.82, 2.24) is 5.32 Å². The van der Waals surface area contributed by atoms with Crippen LogP contribution in [0, 0.1) is 5.92 Å². The maximum atomic E-state index is 11.2. The van der Waals surface area contributed by atoms with Crippen LogP contribution >= 0.6 is 0 Å². The number of hydrogen-bond acceptors (Lipinski definition) is 5. The molecule has 82 valence electrons. The smallest absolute Gasteiger partial charge is 0.225 e. The Bertz CT molecular complexity index is 222. The van der Waals surface area contributed by atoms with Crippen LogP contribution in [0.3, 0.4) is 0 Å². The first-order valence-electron chi connectivity index (χ1n) is 4.43. The van der Waals surface area contributed by atoms with E-state index in [-0.39, 0.29) is 6.42 Å². The number of carbonyl (C=O) groups is 1. The van der Waals surface area contributed by atoms with Crippen molar-refractivity contribution < 1.29 is 25.2 Å². The van der Waals surface area contributed by atoms with Crippen LogP contribution in [0.15, 0.2) is 0 Å². The van der Waals surface area contributed by atoms with Crippen molar-refractivity contribution in [3.8, 4) is 0 Å². The minimum atomic E-state index is -1.49. The maximum absolute atomic E-state index is 11.2. The molecular formula is C8H15NO5. The molecule has 0 spiro atoms. The van der Waals surface area contributed by atoms with E-state index in [9.17, 15) is 25.2 Å². The Labute approximate surface area is 81.2 Å². The number of nitrogens with one attached hydrogen (secondary N) is 1. The van der Waals surface area contributed by atoms with Crippen molar-refractivity contribution in [3.05, 3.63) is 0 Å². The van der Waals surface area contributed by atoms with Gasteiger partial charge in [0.15, 0.2) is 0 Å². The average molecular weight is 205 g/mol. The molecule has 1 amide bonds. The molecule has 0 aromatic rings. The van der Waals surface area contributed by atoms with Gasteiger partial charge in [0.25, 0.3) is 0 Å². The van der Waals surface area contributed by atoms with Crippen molar-refractivity contribution >= 4 is 5.91 Å². The van der Waals surface area contributed by atoms with Gasteiger partial charge in [-0.3, -0.25) is 4.79 Å². The van der Waals surface area contributed by atoms with Crippen LogP contribution in [-0.2, 0) is 4.79 Å². The molecule has 5 N–H and O–H groups in total. The summed E-state index contributed by atoms with van der Waals surface area (Å²) in [6.45, 7) is 0. The summed E-state index contributed by atoms with van der Waals surface area (Å²) in [5.74, 6) is -1.34. The summed E-state index contributed by atoms with van der Waals surface area (Å²) in [5.41, 5.74) is 0. The van der Waals surface area contributed by atoms with Gasteiger partial charge in [-0.05, 0) is 6.42 Å². The molecule has 0 aliphatic heterocycles. The molecule has 2 unspecified atom stereocenters. The summed E-state index contributed by atoms with van der Waals surface area (Å²) in [5, 5.41) is 39.5. The fourth-order valence-corrected chi connectivity index (χ4v) is 1.65. The summed E-state index contributed by atoms with van der Waals surface area (Å²) >= 11 is 0. The SMILES string of the molecule is CNC(=O)C1C[C@@H](O)C(O)[C@@H](O)[C@H]1O. The van der Waals surface area contributed by atoms with E-state index in [2.05, 4.69) is 5.32 Å². The van der Waals surface area contributed by atoms with Crippen LogP contribution in [0.2, 0.25) is 0 Å². The minimum Gasteiger partial charge on any atom is -0.390 e. The largest absolute Gasteiger partial charge is 0.390 e. The van der Waals surface area contributed by atoms with Crippen LogP contribution in [0.25, 0.3) is 0 Å². The van der Waals surface area contributed by atoms with Gasteiger partial charge in [0.05, 0.1) is 18.1 Å². The highest BCUT2D eigenvalue weighted by Gasteiger charge is 2.44. The van der Waals surface area contributed by atoms with Gasteiger partial charge in [-0.25, -0.2) is 0 Å². The standard InChI is InChI=1S/C8H15NO5/c1-9-8(14)3-2-4(10)6(12)7(13)5(3)11/h3-7,10-13H,2H2,1H3,(H,9,14)/t3?,4-,5+,6?,7+/m1/s1. The zero-order chi connectivity index (χ0) is 10.9. The van der Waals surface area contributed by atoms with Gasteiger partial charge < -0.3 is 25.7 Å². The molecule has 0 radical (unpaired) electrons. The molecule has 0 aromatic carbocycles. The molecule has 6 heteroatoms. The fourth-order valence-electron chi connectivity index (χ4n) is 1.65. The van der Waals surface area contributed by atoms with Crippen LogP contribution in [0.1, 0.15) is 6.42 Å². The monoisotopic (exact) mass is 205 g/mol. The molecule has 14 heavy (non-hydrogen) atoms. The molecule has 1 aliphatic rings. The van der Waals surface area contributed by atoms with E-state index in [0.717, 1.165) is 0 Å². The number of aliphatic hydroxyl groups is 4. The lowest BCUT2D eigenvalue weighted by Crippen LogP contribution is -2.56. The summed E-state index contributed by atoms with van der Waals surface area (Å²) in [4.78, 5) is 11.2. The van der Waals surface area contributed by atoms with E-state index in [1.165, 1.54) is 7.05 Å². The molecule has 6 nitrogen and oxygen atoms in total. The molecule has 0 saturated heterocycles. The Kier molecular flexibility index (Phi) is 3.43. The topological polar surface area (TPSA) is 110 Å². The Morgan fingerprint density at radius 1 is 1.14 bits per heavy atom. The highest BCUT2D eigenvalue weighted by molar-refractivity contribution is 5.79. The molecule has 1 saturated carbocycles. The Morgan fingerprint density at radius 2 is 1.71 bits per heavy atom. The van der Waals surface area contributed by atoms with Crippen molar-refractivity contribution in [2.75, 3.05) is 7.05 Å². The first kappa shape index (κ1) is 11.4. The van der Waals surface area contributed by atoms with Gasteiger partial charge in [0.1, 0.15) is 12.2 Å². The first-order valence-corrected chi connectivity index (χ1v) is 4.43. The lowest BCUT2D eigenvalue weighted by atomic mass is 9.80. The van der Waals surface area contributed by atoms with Crippen molar-refractivity contribution in [2.45, 2.75) is 30.8 Å². The quantitative estimate of drug-likeness (QED) is 0.317. The van der Waals surface area contributed by atoms with E-state index in [1.54, 1.807) is 0 Å². The number of hydrogen-bond donors (Lipinski definition) is 5. The predicted octanol–water partition coefficient (Wildman–Crippen LogP) is -2.80. The third-order valence-electron chi connectivity index (χ3n) is 2.58. The molecule has 1 aliphatic carbocycles. The third kappa shape index (κ3) is 1.88. The number of rotatable bonds is 1. The summed E-state index contributed by atoms with van der Waals surface area (Å²) in [6, 6.07) is 0. The first-order chi connectivity index (χ1) is 6.49. The van der Waals surface area contributed by atoms with Gasteiger partial charge in [-0.2, -0.15) is 0 Å². The van der Waals surface area contributed by atoms with E-state index >= 15 is 0 Å². The number of amides is 1. The van der Waals surface area contributed by atoms with E-state index in [0.29, 0.717) is 0 Å². The molecule has 0 aromatic heterocycles. The van der Waals surface area contributed by atoms with Crippen LogP contribution in [0.4, 0.5) is 0 Å². The number of aliphatic hydroxyl groups excluding tert-OH is 4. The van der Waals surface area contributed by atoms with Crippen LogP contribution < -0.4 is 5.32 Å². The zero-order valence-corrected chi connectivity index (χ0v) is 7.79. The van der Waals surface area contributed by atoms with Gasteiger partial charge in [0, 0.05) is 7.05 Å². The minimum absolute atomic E-state index is 0.0565. The average Bonchev–Trinajstić information content (AvgIpc) is 2.19. The van der Waals surface area contributed by atoms with E-state index in [4.69, 9.17) is 0 Å². The molecular weight excluding hydrogens is 190 g/mol. The Balaban J connectivity index is 2.75. The molecule has 1 fully saturated rings. The second-order valence-electron chi connectivity index (χ2n) is 3.50. The van der Waals surface area contributed by atoms with Gasteiger partial charge in [0.2, 0.25) is 5.91 Å².